The summed E-state index contributed by atoms with van der Waals surface area (Å²) in [5.74, 6) is 0.378. The van der Waals surface area contributed by atoms with Crippen molar-refractivity contribution in [3.8, 4) is 6.07 Å². The van der Waals surface area contributed by atoms with Crippen LogP contribution in [0.15, 0.2) is 16.7 Å². The van der Waals surface area contributed by atoms with Crippen LogP contribution in [-0.2, 0) is 12.8 Å². The molecule has 0 saturated carbocycles. The van der Waals surface area contributed by atoms with Crippen LogP contribution in [-0.4, -0.2) is 5.91 Å². The fraction of sp³-hybridized carbons (Fsp3) is 0.412. The number of aryl methyl sites for hydroxylation is 2. The summed E-state index contributed by atoms with van der Waals surface area (Å²) in [5.41, 5.74) is 2.31. The summed E-state index contributed by atoms with van der Waals surface area (Å²) in [4.78, 5) is 13.6. The number of rotatable bonds is 2. The third-order valence-electron chi connectivity index (χ3n) is 4.11. The maximum atomic E-state index is 12.3. The van der Waals surface area contributed by atoms with Crippen molar-refractivity contribution in [2.75, 3.05) is 5.32 Å². The number of hydrogen-bond donors (Lipinski definition) is 1. The van der Waals surface area contributed by atoms with E-state index in [0.717, 1.165) is 31.2 Å². The molecule has 22 heavy (non-hydrogen) atoms. The standard InChI is InChI=1S/C17H18N2O2S/c1-11-12(8-9-21-11)16(20)19-17-14(10-18)13-6-4-2-3-5-7-15(13)22-17/h8-9H,2-7H2,1H3,(H,19,20). The Morgan fingerprint density at radius 1 is 1.32 bits per heavy atom. The predicted octanol–water partition coefficient (Wildman–Crippen LogP) is 4.43. The maximum absolute atomic E-state index is 12.3. The third-order valence-corrected chi connectivity index (χ3v) is 5.32. The molecule has 1 aliphatic rings. The van der Waals surface area contributed by atoms with Gasteiger partial charge in [-0.05, 0) is 44.2 Å². The fourth-order valence-corrected chi connectivity index (χ4v) is 4.15. The number of fused-ring (bicyclic) bond motifs is 1. The van der Waals surface area contributed by atoms with Crippen molar-refractivity contribution >= 4 is 22.2 Å². The van der Waals surface area contributed by atoms with E-state index in [9.17, 15) is 10.1 Å². The average molecular weight is 314 g/mol. The lowest BCUT2D eigenvalue weighted by Crippen LogP contribution is -2.12. The molecule has 0 spiro atoms. The molecule has 4 nitrogen and oxygen atoms in total. The van der Waals surface area contributed by atoms with E-state index in [1.54, 1.807) is 24.3 Å². The number of anilines is 1. The van der Waals surface area contributed by atoms with Crippen LogP contribution in [0, 0.1) is 18.3 Å². The first-order chi connectivity index (χ1) is 10.7. The Morgan fingerprint density at radius 3 is 2.77 bits per heavy atom. The van der Waals surface area contributed by atoms with Gasteiger partial charge >= 0.3 is 0 Å². The minimum Gasteiger partial charge on any atom is -0.469 e. The number of furan rings is 1. The quantitative estimate of drug-likeness (QED) is 0.891. The summed E-state index contributed by atoms with van der Waals surface area (Å²) < 4.78 is 5.17. The number of hydrogen-bond acceptors (Lipinski definition) is 4. The number of nitrogens with one attached hydrogen (secondary N) is 1. The Hall–Kier alpha value is -2.06. The fourth-order valence-electron chi connectivity index (χ4n) is 2.92. The minimum absolute atomic E-state index is 0.211. The molecular formula is C17H18N2O2S. The van der Waals surface area contributed by atoms with Gasteiger partial charge in [0, 0.05) is 4.88 Å². The van der Waals surface area contributed by atoms with Crippen LogP contribution in [0.5, 0.6) is 0 Å². The van der Waals surface area contributed by atoms with Crippen LogP contribution in [0.25, 0.3) is 0 Å². The van der Waals surface area contributed by atoms with E-state index in [4.69, 9.17) is 4.42 Å². The molecule has 1 aliphatic carbocycles. The molecule has 0 aromatic carbocycles. The molecule has 3 rings (SSSR count). The summed E-state index contributed by atoms with van der Waals surface area (Å²) in [6.07, 6.45) is 8.19. The highest BCUT2D eigenvalue weighted by atomic mass is 32.1. The normalized spacial score (nSPS) is 14.5. The summed E-state index contributed by atoms with van der Waals surface area (Å²) >= 11 is 1.56. The molecule has 1 N–H and O–H groups in total. The van der Waals surface area contributed by atoms with E-state index in [1.165, 1.54) is 24.0 Å². The Morgan fingerprint density at radius 2 is 2.09 bits per heavy atom. The van der Waals surface area contributed by atoms with Crippen LogP contribution in [0.1, 0.15) is 57.8 Å². The van der Waals surface area contributed by atoms with Crippen LogP contribution >= 0.6 is 11.3 Å². The minimum atomic E-state index is -0.211. The van der Waals surface area contributed by atoms with Crippen LogP contribution in [0.4, 0.5) is 5.00 Å². The van der Waals surface area contributed by atoms with Gasteiger partial charge in [0.15, 0.2) is 0 Å². The van der Waals surface area contributed by atoms with Gasteiger partial charge in [-0.3, -0.25) is 4.79 Å². The molecule has 2 heterocycles. The first kappa shape index (κ1) is 14.9. The number of nitrogens with zero attached hydrogens (tertiary/aromatic N) is 1. The van der Waals surface area contributed by atoms with E-state index in [1.807, 2.05) is 0 Å². The molecule has 0 atom stereocenters. The number of carbonyl (C=O) groups excluding carboxylic acids is 1. The molecule has 2 aromatic heterocycles. The summed E-state index contributed by atoms with van der Waals surface area (Å²) in [6, 6.07) is 3.94. The van der Waals surface area contributed by atoms with Crippen molar-refractivity contribution in [2.24, 2.45) is 0 Å². The van der Waals surface area contributed by atoms with Crippen molar-refractivity contribution in [1.29, 1.82) is 5.26 Å². The highest BCUT2D eigenvalue weighted by molar-refractivity contribution is 7.16. The Labute approximate surface area is 133 Å². The Kier molecular flexibility index (Phi) is 4.30. The molecule has 1 amide bonds. The van der Waals surface area contributed by atoms with E-state index >= 15 is 0 Å². The largest absolute Gasteiger partial charge is 0.469 e. The van der Waals surface area contributed by atoms with Crippen molar-refractivity contribution in [2.45, 2.75) is 45.4 Å². The zero-order valence-electron chi connectivity index (χ0n) is 12.6. The van der Waals surface area contributed by atoms with E-state index in [-0.39, 0.29) is 5.91 Å². The van der Waals surface area contributed by atoms with Crippen molar-refractivity contribution in [3.63, 3.8) is 0 Å². The van der Waals surface area contributed by atoms with Crippen LogP contribution in [0.2, 0.25) is 0 Å². The molecule has 2 aromatic rings. The molecular weight excluding hydrogens is 296 g/mol. The summed E-state index contributed by atoms with van der Waals surface area (Å²) in [6.45, 7) is 1.76. The molecule has 0 bridgehead atoms. The van der Waals surface area contributed by atoms with Crippen molar-refractivity contribution in [1.82, 2.24) is 0 Å². The van der Waals surface area contributed by atoms with Crippen molar-refractivity contribution < 1.29 is 9.21 Å². The van der Waals surface area contributed by atoms with E-state index in [0.29, 0.717) is 21.9 Å². The van der Waals surface area contributed by atoms with Gasteiger partial charge in [0.2, 0.25) is 0 Å². The highest BCUT2D eigenvalue weighted by Gasteiger charge is 2.21. The lowest BCUT2D eigenvalue weighted by molar-refractivity contribution is 0.102. The number of thiophene rings is 1. The van der Waals surface area contributed by atoms with Crippen LogP contribution in [0.3, 0.4) is 0 Å². The van der Waals surface area contributed by atoms with Gasteiger partial charge in [0.25, 0.3) is 5.91 Å². The lowest BCUT2D eigenvalue weighted by Gasteiger charge is -2.08. The van der Waals surface area contributed by atoms with E-state index in [2.05, 4.69) is 11.4 Å². The zero-order chi connectivity index (χ0) is 15.5. The van der Waals surface area contributed by atoms with E-state index < -0.39 is 0 Å². The second kappa shape index (κ2) is 6.37. The zero-order valence-corrected chi connectivity index (χ0v) is 13.4. The molecule has 0 unspecified atom stereocenters. The van der Waals surface area contributed by atoms with Crippen molar-refractivity contribution in [3.05, 3.63) is 39.7 Å². The Bertz CT molecular complexity index is 736. The monoisotopic (exact) mass is 314 g/mol. The van der Waals surface area contributed by atoms with Gasteiger partial charge < -0.3 is 9.73 Å². The topological polar surface area (TPSA) is 66.0 Å². The molecule has 114 valence electrons. The first-order valence-electron chi connectivity index (χ1n) is 7.60. The predicted molar refractivity (Wildman–Crippen MR) is 86.3 cm³/mol. The van der Waals surface area contributed by atoms with Gasteiger partial charge in [0.05, 0.1) is 17.4 Å². The number of carbonyl (C=O) groups is 1. The highest BCUT2D eigenvalue weighted by Crippen LogP contribution is 2.36. The molecule has 0 saturated heterocycles. The molecule has 5 heteroatoms. The molecule has 0 radical (unpaired) electrons. The average Bonchev–Trinajstić information content (AvgIpc) is 3.03. The number of nitriles is 1. The third kappa shape index (κ3) is 2.79. The van der Waals surface area contributed by atoms with Gasteiger partial charge in [-0.25, -0.2) is 0 Å². The lowest BCUT2D eigenvalue weighted by atomic mass is 9.97. The van der Waals surface area contributed by atoms with Gasteiger partial charge in [-0.2, -0.15) is 5.26 Å². The molecule has 0 fully saturated rings. The maximum Gasteiger partial charge on any atom is 0.259 e. The summed E-state index contributed by atoms with van der Waals surface area (Å²) in [7, 11) is 0. The molecule has 0 aliphatic heterocycles. The summed E-state index contributed by atoms with van der Waals surface area (Å²) in [5, 5.41) is 13.1. The second-order valence-corrected chi connectivity index (χ2v) is 6.68. The SMILES string of the molecule is Cc1occc1C(=O)Nc1sc2c(c1C#N)CCCCCC2. The van der Waals surface area contributed by atoms with Gasteiger partial charge in [-0.1, -0.05) is 12.8 Å². The Balaban J connectivity index is 1.91. The first-order valence-corrected chi connectivity index (χ1v) is 8.42. The smallest absolute Gasteiger partial charge is 0.259 e. The van der Waals surface area contributed by atoms with Gasteiger partial charge in [-0.15, -0.1) is 11.3 Å². The second-order valence-electron chi connectivity index (χ2n) is 5.58. The van der Waals surface area contributed by atoms with Gasteiger partial charge in [0.1, 0.15) is 16.8 Å². The van der Waals surface area contributed by atoms with Crippen LogP contribution < -0.4 is 5.32 Å². The number of amides is 1.